The molecule has 0 radical (unpaired) electrons. The van der Waals surface area contributed by atoms with Gasteiger partial charge in [0.25, 0.3) is 0 Å². The maximum atomic E-state index is 12.4. The fourth-order valence-electron chi connectivity index (χ4n) is 8.52. The first kappa shape index (κ1) is 41.9. The molecule has 0 spiro atoms. The van der Waals surface area contributed by atoms with Gasteiger partial charge in [0.1, 0.15) is 23.4 Å². The highest BCUT2D eigenvalue weighted by Gasteiger charge is 2.39. The van der Waals surface area contributed by atoms with E-state index in [9.17, 15) is 19.2 Å². The largest absolute Gasteiger partial charge is 0.459 e. The van der Waals surface area contributed by atoms with Gasteiger partial charge in [0.2, 0.25) is 0 Å². The molecule has 2 aromatic rings. The molecule has 4 fully saturated rings. The van der Waals surface area contributed by atoms with Crippen molar-refractivity contribution in [3.05, 3.63) is 69.8 Å². The molecule has 4 saturated heterocycles. The molecule has 2 amide bonds. The molecule has 0 aliphatic carbocycles. The smallest absolute Gasteiger partial charge is 0.410 e. The second kappa shape index (κ2) is 16.8. The predicted octanol–water partition coefficient (Wildman–Crippen LogP) is 5.56. The van der Waals surface area contributed by atoms with E-state index in [1.807, 2.05) is 79.7 Å². The summed E-state index contributed by atoms with van der Waals surface area (Å²) in [5.74, 6) is -0.485. The molecule has 8 rings (SSSR count). The van der Waals surface area contributed by atoms with E-state index >= 15 is 0 Å². The number of hydrogen-bond donors (Lipinski definition) is 0. The third kappa shape index (κ3) is 9.95. The third-order valence-electron chi connectivity index (χ3n) is 11.4. The number of carbonyl (C=O) groups is 4. The zero-order valence-corrected chi connectivity index (χ0v) is 35.3. The average molecular weight is 805 g/mol. The maximum Gasteiger partial charge on any atom is 0.410 e. The molecule has 14 heteroatoms. The second-order valence-electron chi connectivity index (χ2n) is 18.5. The Hall–Kier alpha value is -4.24. The Kier molecular flexibility index (Phi) is 12.1. The van der Waals surface area contributed by atoms with Gasteiger partial charge >= 0.3 is 24.1 Å². The second-order valence-corrected chi connectivity index (χ2v) is 18.5. The minimum atomic E-state index is -0.487. The lowest BCUT2D eigenvalue weighted by molar-refractivity contribution is -0.0908. The Morgan fingerprint density at radius 3 is 1.38 bits per heavy atom. The number of piperazine rings is 2. The molecule has 0 bridgehead atoms. The lowest BCUT2D eigenvalue weighted by Crippen LogP contribution is -2.60. The molecule has 0 saturated carbocycles. The molecule has 58 heavy (non-hydrogen) atoms. The summed E-state index contributed by atoms with van der Waals surface area (Å²) in [7, 11) is 0. The molecule has 2 aromatic carbocycles. The van der Waals surface area contributed by atoms with Gasteiger partial charge in [-0.25, -0.2) is 19.2 Å². The number of morpholine rings is 2. The monoisotopic (exact) mass is 804 g/mol. The van der Waals surface area contributed by atoms with E-state index in [0.717, 1.165) is 61.3 Å². The van der Waals surface area contributed by atoms with E-state index in [4.69, 9.17) is 28.4 Å². The number of amides is 2. The van der Waals surface area contributed by atoms with Gasteiger partial charge in [0.05, 0.1) is 48.6 Å². The van der Waals surface area contributed by atoms with Crippen molar-refractivity contribution >= 4 is 24.1 Å². The molecule has 316 valence electrons. The van der Waals surface area contributed by atoms with Gasteiger partial charge in [0.15, 0.2) is 0 Å². The van der Waals surface area contributed by atoms with E-state index in [-0.39, 0.29) is 60.6 Å². The summed E-state index contributed by atoms with van der Waals surface area (Å²) in [5, 5.41) is 0. The highest BCUT2D eigenvalue weighted by molar-refractivity contribution is 5.93. The fourth-order valence-corrected chi connectivity index (χ4v) is 8.52. The molecule has 14 nitrogen and oxygen atoms in total. The van der Waals surface area contributed by atoms with Crippen molar-refractivity contribution < 1.29 is 47.6 Å². The summed E-state index contributed by atoms with van der Waals surface area (Å²) < 4.78 is 34.0. The van der Waals surface area contributed by atoms with Gasteiger partial charge < -0.3 is 38.2 Å². The normalized spacial score (nSPS) is 27.7. The average Bonchev–Trinajstić information content (AvgIpc) is 3.15. The van der Waals surface area contributed by atoms with E-state index in [2.05, 4.69) is 21.9 Å². The first-order valence-electron chi connectivity index (χ1n) is 20.7. The number of fused-ring (bicyclic) bond motifs is 4. The summed E-state index contributed by atoms with van der Waals surface area (Å²) in [6, 6.07) is 12.2. The van der Waals surface area contributed by atoms with Gasteiger partial charge in [-0.2, -0.15) is 0 Å². The Balaban J connectivity index is 0.000000177. The van der Waals surface area contributed by atoms with Crippen molar-refractivity contribution in [1.82, 2.24) is 19.6 Å². The topological polar surface area (TPSA) is 137 Å². The van der Waals surface area contributed by atoms with Crippen LogP contribution in [0.15, 0.2) is 36.4 Å². The number of ether oxygens (including phenoxy) is 6. The Labute approximate surface area is 342 Å². The van der Waals surface area contributed by atoms with Crippen LogP contribution in [0.3, 0.4) is 0 Å². The van der Waals surface area contributed by atoms with E-state index < -0.39 is 11.2 Å². The number of esters is 2. The number of cyclic esters (lactones) is 2. The number of rotatable bonds is 2. The molecule has 6 aliphatic heterocycles. The van der Waals surface area contributed by atoms with Gasteiger partial charge in [-0.3, -0.25) is 9.80 Å². The molecule has 6 atom stereocenters. The van der Waals surface area contributed by atoms with Crippen molar-refractivity contribution in [3.63, 3.8) is 0 Å². The number of hydrogen-bond acceptors (Lipinski definition) is 12. The quantitative estimate of drug-likeness (QED) is 0.278. The minimum Gasteiger partial charge on any atom is -0.459 e. The molecule has 0 unspecified atom stereocenters. The van der Waals surface area contributed by atoms with Crippen LogP contribution in [0.1, 0.15) is 111 Å². The molecule has 6 aliphatic rings. The molecular weight excluding hydrogens is 745 g/mol. The van der Waals surface area contributed by atoms with Crippen molar-refractivity contribution in [3.8, 4) is 0 Å². The van der Waals surface area contributed by atoms with Crippen molar-refractivity contribution in [2.24, 2.45) is 0 Å². The maximum absolute atomic E-state index is 12.4. The van der Waals surface area contributed by atoms with Crippen LogP contribution in [-0.2, 0) is 41.3 Å². The lowest BCUT2D eigenvalue weighted by Gasteiger charge is -2.46. The van der Waals surface area contributed by atoms with Gasteiger partial charge in [0, 0.05) is 65.2 Å². The zero-order valence-electron chi connectivity index (χ0n) is 35.3. The van der Waals surface area contributed by atoms with Gasteiger partial charge in [-0.15, -0.1) is 0 Å². The molecular formula is C44H60N4O10. The predicted molar refractivity (Wildman–Crippen MR) is 214 cm³/mol. The van der Waals surface area contributed by atoms with Crippen LogP contribution in [-0.4, -0.2) is 145 Å². The molecule has 0 aromatic heterocycles. The van der Waals surface area contributed by atoms with Gasteiger partial charge in [-0.05, 0) is 89.8 Å². The minimum absolute atomic E-state index is 0.0297. The Morgan fingerprint density at radius 2 is 1.00 bits per heavy atom. The van der Waals surface area contributed by atoms with Crippen molar-refractivity contribution in [1.29, 1.82) is 0 Å². The summed E-state index contributed by atoms with van der Waals surface area (Å²) in [5.41, 5.74) is 4.60. The first-order chi connectivity index (χ1) is 27.4. The molecule has 6 heterocycles. The fraction of sp³-hybridized carbons (Fsp3) is 0.636. The van der Waals surface area contributed by atoms with E-state index in [1.165, 1.54) is 0 Å². The van der Waals surface area contributed by atoms with Crippen molar-refractivity contribution in [2.45, 2.75) is 116 Å². The van der Waals surface area contributed by atoms with Crippen LogP contribution in [0.4, 0.5) is 9.59 Å². The number of carbonyl (C=O) groups excluding carboxylic acids is 4. The van der Waals surface area contributed by atoms with Crippen LogP contribution in [0.25, 0.3) is 0 Å². The van der Waals surface area contributed by atoms with Crippen molar-refractivity contribution in [2.75, 3.05) is 65.6 Å². The summed E-state index contributed by atoms with van der Waals surface area (Å²) in [6.07, 6.45) is 0.712. The summed E-state index contributed by atoms with van der Waals surface area (Å²) in [4.78, 5) is 57.2. The van der Waals surface area contributed by atoms with Crippen LogP contribution in [0.5, 0.6) is 0 Å². The summed E-state index contributed by atoms with van der Waals surface area (Å²) in [6.45, 7) is 22.0. The SMILES string of the molecule is C[C@H]1Cc2cc([C@@H]3CN4CCN(C(=O)OC(C)(C)C)C[C@H]4CO3)ccc2C(=O)O1.C[C@H]1Cc2cc([C@H]3CN4CCN(C(=O)OC(C)(C)C)C[C@H]4CO3)ccc2C(=O)O1. The highest BCUT2D eigenvalue weighted by Crippen LogP contribution is 2.33. The van der Waals surface area contributed by atoms with Crippen LogP contribution >= 0.6 is 0 Å². The van der Waals surface area contributed by atoms with E-state index in [1.54, 1.807) is 9.80 Å². The Morgan fingerprint density at radius 1 is 0.603 bits per heavy atom. The molecule has 0 N–H and O–H groups in total. The highest BCUT2D eigenvalue weighted by atomic mass is 16.6. The number of benzene rings is 2. The Bertz CT molecular complexity index is 1740. The van der Waals surface area contributed by atoms with Crippen LogP contribution < -0.4 is 0 Å². The third-order valence-corrected chi connectivity index (χ3v) is 11.4. The standard InChI is InChI=1S/2C22H30N2O5/c2*1-14-9-16-10-15(5-6-18(16)20(25)28-14)19-12-23-7-8-24(11-17(23)13-27-19)21(26)29-22(2,3)4/h2*5-6,10,14,17,19H,7-9,11-13H2,1-4H3/t14-,17-,19+;14-,17-,19-/m00/s1. The van der Waals surface area contributed by atoms with E-state index in [0.29, 0.717) is 50.5 Å². The first-order valence-corrected chi connectivity index (χ1v) is 20.7. The van der Waals surface area contributed by atoms with Gasteiger partial charge in [-0.1, -0.05) is 24.3 Å². The lowest BCUT2D eigenvalue weighted by atomic mass is 9.94. The van der Waals surface area contributed by atoms with Crippen LogP contribution in [0, 0.1) is 0 Å². The zero-order chi connectivity index (χ0) is 41.5. The number of nitrogens with zero attached hydrogens (tertiary/aromatic N) is 4. The summed E-state index contributed by atoms with van der Waals surface area (Å²) >= 11 is 0. The van der Waals surface area contributed by atoms with Crippen LogP contribution in [0.2, 0.25) is 0 Å².